The fraction of sp³-hybridized carbons (Fsp3) is 0.857. The van der Waals surface area contributed by atoms with Crippen LogP contribution in [0.3, 0.4) is 0 Å². The summed E-state index contributed by atoms with van der Waals surface area (Å²) >= 11 is 5.48. The molecule has 1 atom stereocenters. The predicted molar refractivity (Wildman–Crippen MR) is 81.7 cm³/mol. The van der Waals surface area contributed by atoms with Gasteiger partial charge in [0, 0.05) is 31.7 Å². The van der Waals surface area contributed by atoms with Gasteiger partial charge in [-0.05, 0) is 44.4 Å². The molecule has 2 aliphatic heterocycles. The van der Waals surface area contributed by atoms with Crippen molar-refractivity contribution in [2.75, 3.05) is 31.1 Å². The Morgan fingerprint density at radius 1 is 1.00 bits per heavy atom. The third kappa shape index (κ3) is 2.09. The van der Waals surface area contributed by atoms with Crippen LogP contribution in [0.25, 0.3) is 0 Å². The number of fused-ring (bicyclic) bond motifs is 1. The maximum absolute atomic E-state index is 5.48. The fourth-order valence-electron chi connectivity index (χ4n) is 4.18. The maximum atomic E-state index is 5.48. The van der Waals surface area contributed by atoms with Gasteiger partial charge >= 0.3 is 0 Å². The van der Waals surface area contributed by atoms with Crippen molar-refractivity contribution in [3.05, 3.63) is 4.77 Å². The molecule has 1 N–H and O–H groups in total. The first-order valence-corrected chi connectivity index (χ1v) is 8.39. The first-order chi connectivity index (χ1) is 9.83. The molecule has 0 aromatic carbocycles. The molecule has 110 valence electrons. The van der Waals surface area contributed by atoms with Gasteiger partial charge in [-0.2, -0.15) is 0 Å². The van der Waals surface area contributed by atoms with Crippen LogP contribution in [0.15, 0.2) is 0 Å². The lowest BCUT2D eigenvalue weighted by Gasteiger charge is -2.38. The molecule has 1 saturated carbocycles. The average molecular weight is 293 g/mol. The molecule has 0 amide bonds. The fourth-order valence-corrected chi connectivity index (χ4v) is 4.46. The number of piperazine rings is 1. The SMILES string of the molecule is S=c1[nH]nc(N2CCN3CCCC3C2)n1C1CCCC1. The van der Waals surface area contributed by atoms with Crippen LogP contribution in [-0.4, -0.2) is 51.9 Å². The molecule has 0 spiro atoms. The Bertz CT molecular complexity index is 530. The molecule has 3 aliphatic rings. The molecule has 3 fully saturated rings. The van der Waals surface area contributed by atoms with Crippen LogP contribution < -0.4 is 4.90 Å². The lowest BCUT2D eigenvalue weighted by atomic mass is 10.1. The number of H-pyrrole nitrogens is 1. The van der Waals surface area contributed by atoms with Gasteiger partial charge in [-0.3, -0.25) is 9.47 Å². The third-order valence-corrected chi connectivity index (χ3v) is 5.53. The lowest BCUT2D eigenvalue weighted by molar-refractivity contribution is 0.228. The summed E-state index contributed by atoms with van der Waals surface area (Å²) in [5.74, 6) is 1.09. The summed E-state index contributed by atoms with van der Waals surface area (Å²) in [6, 6.07) is 1.30. The van der Waals surface area contributed by atoms with Gasteiger partial charge in [0.2, 0.25) is 5.95 Å². The Morgan fingerprint density at radius 3 is 2.65 bits per heavy atom. The number of hydrogen-bond donors (Lipinski definition) is 1. The van der Waals surface area contributed by atoms with Crippen LogP contribution in [-0.2, 0) is 0 Å². The lowest BCUT2D eigenvalue weighted by Crippen LogP contribution is -2.51. The largest absolute Gasteiger partial charge is 0.338 e. The van der Waals surface area contributed by atoms with Crippen molar-refractivity contribution in [3.8, 4) is 0 Å². The number of aromatic amines is 1. The molecule has 1 aromatic heterocycles. The molecule has 1 aliphatic carbocycles. The molecule has 2 saturated heterocycles. The van der Waals surface area contributed by atoms with E-state index >= 15 is 0 Å². The second-order valence-corrected chi connectivity index (χ2v) is 6.80. The minimum Gasteiger partial charge on any atom is -0.338 e. The minimum absolute atomic E-state index is 0.567. The topological polar surface area (TPSA) is 40.1 Å². The van der Waals surface area contributed by atoms with Gasteiger partial charge in [-0.25, -0.2) is 5.10 Å². The van der Waals surface area contributed by atoms with Gasteiger partial charge in [0.05, 0.1) is 0 Å². The highest BCUT2D eigenvalue weighted by molar-refractivity contribution is 7.71. The van der Waals surface area contributed by atoms with Crippen LogP contribution in [0.1, 0.15) is 44.6 Å². The monoisotopic (exact) mass is 293 g/mol. The Balaban J connectivity index is 1.60. The van der Waals surface area contributed by atoms with Gasteiger partial charge < -0.3 is 4.90 Å². The summed E-state index contributed by atoms with van der Waals surface area (Å²) in [7, 11) is 0. The minimum atomic E-state index is 0.567. The van der Waals surface area contributed by atoms with Crippen LogP contribution in [0, 0.1) is 4.77 Å². The van der Waals surface area contributed by atoms with E-state index < -0.39 is 0 Å². The normalized spacial score (nSPS) is 28.2. The van der Waals surface area contributed by atoms with Gasteiger partial charge in [0.15, 0.2) is 4.77 Å². The standard InChI is InChI=1S/C14H23N5S/c20-14-16-15-13(19(14)11-4-1-2-5-11)18-9-8-17-7-3-6-12(17)10-18/h11-12H,1-10H2,(H,16,20). The van der Waals surface area contributed by atoms with E-state index in [2.05, 4.69) is 24.6 Å². The van der Waals surface area contributed by atoms with Gasteiger partial charge in [-0.15, -0.1) is 5.10 Å². The summed E-state index contributed by atoms with van der Waals surface area (Å²) in [5.41, 5.74) is 0. The Hall–Kier alpha value is -0.880. The molecule has 4 rings (SSSR count). The number of nitrogens with one attached hydrogen (secondary N) is 1. The summed E-state index contributed by atoms with van der Waals surface area (Å²) in [5, 5.41) is 7.58. The van der Waals surface area contributed by atoms with Crippen molar-refractivity contribution < 1.29 is 0 Å². The van der Waals surface area contributed by atoms with Gasteiger partial charge in [0.25, 0.3) is 0 Å². The quantitative estimate of drug-likeness (QED) is 0.850. The number of nitrogens with zero attached hydrogens (tertiary/aromatic N) is 4. The van der Waals surface area contributed by atoms with Crippen molar-refractivity contribution in [2.24, 2.45) is 0 Å². The highest BCUT2D eigenvalue weighted by Crippen LogP contribution is 2.33. The molecule has 0 bridgehead atoms. The van der Waals surface area contributed by atoms with E-state index in [-0.39, 0.29) is 0 Å². The van der Waals surface area contributed by atoms with Gasteiger partial charge in [0.1, 0.15) is 0 Å². The molecule has 1 unspecified atom stereocenters. The van der Waals surface area contributed by atoms with E-state index in [1.165, 1.54) is 51.6 Å². The highest BCUT2D eigenvalue weighted by Gasteiger charge is 2.33. The van der Waals surface area contributed by atoms with Crippen molar-refractivity contribution in [3.63, 3.8) is 0 Å². The van der Waals surface area contributed by atoms with Crippen molar-refractivity contribution in [1.29, 1.82) is 0 Å². The Kier molecular flexibility index (Phi) is 3.30. The smallest absolute Gasteiger partial charge is 0.226 e. The van der Waals surface area contributed by atoms with E-state index in [1.807, 2.05) is 0 Å². The van der Waals surface area contributed by atoms with E-state index in [9.17, 15) is 0 Å². The zero-order valence-corrected chi connectivity index (χ0v) is 12.7. The van der Waals surface area contributed by atoms with Crippen LogP contribution >= 0.6 is 12.2 Å². The first-order valence-electron chi connectivity index (χ1n) is 7.99. The van der Waals surface area contributed by atoms with E-state index in [0.29, 0.717) is 6.04 Å². The second kappa shape index (κ2) is 5.15. The molecule has 5 nitrogen and oxygen atoms in total. The number of hydrogen-bond acceptors (Lipinski definition) is 4. The second-order valence-electron chi connectivity index (χ2n) is 6.42. The molecule has 6 heteroatoms. The third-order valence-electron chi connectivity index (χ3n) is 5.25. The number of rotatable bonds is 2. The van der Waals surface area contributed by atoms with Crippen molar-refractivity contribution >= 4 is 18.2 Å². The predicted octanol–water partition coefficient (Wildman–Crippen LogP) is 2.34. The van der Waals surface area contributed by atoms with Crippen LogP contribution in [0.4, 0.5) is 5.95 Å². The average Bonchev–Trinajstić information content (AvgIpc) is 3.17. The van der Waals surface area contributed by atoms with Crippen molar-refractivity contribution in [1.82, 2.24) is 19.7 Å². The van der Waals surface area contributed by atoms with Crippen molar-refractivity contribution in [2.45, 2.75) is 50.6 Å². The summed E-state index contributed by atoms with van der Waals surface area (Å²) in [6.45, 7) is 4.66. The molecular weight excluding hydrogens is 270 g/mol. The molecule has 3 heterocycles. The molecule has 0 radical (unpaired) electrons. The van der Waals surface area contributed by atoms with E-state index in [4.69, 9.17) is 12.2 Å². The summed E-state index contributed by atoms with van der Waals surface area (Å²) in [6.07, 6.45) is 7.86. The summed E-state index contributed by atoms with van der Waals surface area (Å²) in [4.78, 5) is 5.09. The van der Waals surface area contributed by atoms with E-state index in [1.54, 1.807) is 0 Å². The molecular formula is C14H23N5S. The highest BCUT2D eigenvalue weighted by atomic mass is 32.1. The number of anilines is 1. The number of aromatic nitrogens is 3. The summed E-state index contributed by atoms with van der Waals surface area (Å²) < 4.78 is 3.10. The Morgan fingerprint density at radius 2 is 1.80 bits per heavy atom. The zero-order chi connectivity index (χ0) is 13.5. The van der Waals surface area contributed by atoms with Crippen LogP contribution in [0.5, 0.6) is 0 Å². The Labute approximate surface area is 124 Å². The van der Waals surface area contributed by atoms with E-state index in [0.717, 1.165) is 29.9 Å². The first kappa shape index (κ1) is 12.8. The van der Waals surface area contributed by atoms with Crippen LogP contribution in [0.2, 0.25) is 0 Å². The maximum Gasteiger partial charge on any atom is 0.226 e. The molecule has 20 heavy (non-hydrogen) atoms. The zero-order valence-electron chi connectivity index (χ0n) is 11.9. The van der Waals surface area contributed by atoms with Gasteiger partial charge in [-0.1, -0.05) is 12.8 Å². The molecule has 1 aromatic rings.